The van der Waals surface area contributed by atoms with E-state index in [0.29, 0.717) is 17.0 Å². The topological polar surface area (TPSA) is 129 Å². The van der Waals surface area contributed by atoms with Crippen LogP contribution in [-0.2, 0) is 45.8 Å². The molecule has 0 aliphatic heterocycles. The number of nitrogens with two attached hydrogens (primary N) is 1. The summed E-state index contributed by atoms with van der Waals surface area (Å²) in [6, 6.07) is 19.1. The maximum absolute atomic E-state index is 12.8. The molecule has 3 N–H and O–H groups in total. The van der Waals surface area contributed by atoms with Gasteiger partial charge < -0.3 is 10.5 Å². The van der Waals surface area contributed by atoms with Crippen LogP contribution in [0.5, 0.6) is 0 Å². The van der Waals surface area contributed by atoms with Crippen molar-refractivity contribution in [3.8, 4) is 0 Å². The molecule has 0 spiro atoms. The van der Waals surface area contributed by atoms with Gasteiger partial charge in [-0.1, -0.05) is 93.0 Å². The van der Waals surface area contributed by atoms with Crippen LogP contribution < -0.4 is 5.73 Å². The fourth-order valence-electron chi connectivity index (χ4n) is 3.82. The van der Waals surface area contributed by atoms with Gasteiger partial charge in [0.05, 0.1) is 5.56 Å². The van der Waals surface area contributed by atoms with Crippen molar-refractivity contribution in [1.29, 1.82) is 0 Å². The minimum absolute atomic E-state index is 0. The summed E-state index contributed by atoms with van der Waals surface area (Å²) in [5, 5.41) is 0. The van der Waals surface area contributed by atoms with E-state index in [1.165, 1.54) is 11.8 Å². The minimum Gasteiger partial charge on any atom is -0.537 e. The van der Waals surface area contributed by atoms with E-state index in [0.717, 1.165) is 24.3 Å². The zero-order valence-corrected chi connectivity index (χ0v) is 29.0. The molecule has 48 heavy (non-hydrogen) atoms. The molecule has 1 aliphatic rings. The van der Waals surface area contributed by atoms with Gasteiger partial charge in [-0.3, -0.25) is 4.55 Å². The summed E-state index contributed by atoms with van der Waals surface area (Å²) >= 11 is 0. The molecule has 0 unspecified atom stereocenters. The van der Waals surface area contributed by atoms with Gasteiger partial charge in [-0.2, -0.15) is 34.8 Å². The van der Waals surface area contributed by atoms with Gasteiger partial charge in [-0.25, -0.2) is 8.42 Å². The second-order valence-electron chi connectivity index (χ2n) is 10.4. The third-order valence-corrected chi connectivity index (χ3v) is 8.39. The predicted molar refractivity (Wildman–Crippen MR) is 166 cm³/mol. The van der Waals surface area contributed by atoms with E-state index < -0.39 is 49.5 Å². The number of hydrogen-bond donors (Lipinski definition) is 2. The van der Waals surface area contributed by atoms with Crippen LogP contribution >= 0.6 is 0 Å². The molecule has 7 radical (unpaired) electrons. The molecule has 3 aromatic rings. The van der Waals surface area contributed by atoms with Crippen molar-refractivity contribution in [2.24, 2.45) is 11.7 Å². The van der Waals surface area contributed by atoms with Crippen LogP contribution in [0.1, 0.15) is 49.5 Å². The molecule has 0 amide bonds. The summed E-state index contributed by atoms with van der Waals surface area (Å²) < 4.78 is 125. The van der Waals surface area contributed by atoms with Gasteiger partial charge in [0.25, 0.3) is 0 Å². The largest absolute Gasteiger partial charge is 1.00 e. The predicted octanol–water partition coefficient (Wildman–Crippen LogP) is 8.24. The summed E-state index contributed by atoms with van der Waals surface area (Å²) in [7, 11) is -10.1. The Hall–Kier alpha value is -2.36. The number of sulfonamides is 1. The SMILES string of the molecule is C[C]1[CH][CH][C](C(C)C)[CH][CH]1.N[C@H](c1ccccc1)[C@H]([N-]S(=O)(=O)c1ccc(C(F)(F)F)cc1)c1ccccc1.O=S(=O)(O)C(F)(F)F.[Ru+]. The number of rotatable bonds is 7. The molecule has 0 aromatic heterocycles. The van der Waals surface area contributed by atoms with Crippen LogP contribution in [-0.4, -0.2) is 26.9 Å². The third kappa shape index (κ3) is 13.9. The van der Waals surface area contributed by atoms with E-state index in [4.69, 9.17) is 18.7 Å². The zero-order valence-electron chi connectivity index (χ0n) is 25.7. The maximum atomic E-state index is 12.8. The standard InChI is InChI=1S/C21H18F3N2O2S.C10H14.CHF3O3S.Ru/c22-21(23,24)17-11-13-18(14-12-17)29(27,28)26-20(16-9-5-2-6-10-16)19(25)15-7-3-1-4-8-15;1-8(2)10-6-4-9(3)5-7-10;2-1(3,4)8(5,6)7;/h1-14,19-20H,25H2;4-8H,1-3H3;(H,5,6,7);/q-1;;;+1/t19-,20-;;;/m1.../s1. The average molecular weight is 805 g/mol. The first-order valence-electron chi connectivity index (χ1n) is 13.7. The summed E-state index contributed by atoms with van der Waals surface area (Å²) in [4.78, 5) is -0.327. The van der Waals surface area contributed by atoms with Crippen molar-refractivity contribution in [1.82, 2.24) is 0 Å². The number of benzene rings is 3. The van der Waals surface area contributed by atoms with Crippen LogP contribution in [0, 0.1) is 43.4 Å². The van der Waals surface area contributed by atoms with Gasteiger partial charge in [0.2, 0.25) is 0 Å². The molecular formula is C32H33F6N2O5RuS2. The molecule has 1 saturated carbocycles. The van der Waals surface area contributed by atoms with E-state index in [2.05, 4.69) is 51.2 Å². The van der Waals surface area contributed by atoms with Crippen molar-refractivity contribution in [3.05, 3.63) is 144 Å². The molecule has 16 heteroatoms. The van der Waals surface area contributed by atoms with E-state index >= 15 is 0 Å². The summed E-state index contributed by atoms with van der Waals surface area (Å²) in [5.74, 6) is 3.41. The summed E-state index contributed by atoms with van der Waals surface area (Å²) in [6.45, 7) is 6.54. The minimum atomic E-state index is -5.84. The molecule has 7 nitrogen and oxygen atoms in total. The molecule has 0 bridgehead atoms. The third-order valence-electron chi connectivity index (χ3n) is 6.43. The molecule has 1 aliphatic carbocycles. The van der Waals surface area contributed by atoms with E-state index in [-0.39, 0.29) is 24.4 Å². The summed E-state index contributed by atoms with van der Waals surface area (Å²) in [5.41, 5.74) is 1.13. The molecule has 0 heterocycles. The van der Waals surface area contributed by atoms with Crippen LogP contribution in [0.25, 0.3) is 4.72 Å². The van der Waals surface area contributed by atoms with E-state index in [1.807, 2.05) is 6.07 Å². The second-order valence-corrected chi connectivity index (χ2v) is 13.4. The van der Waals surface area contributed by atoms with Gasteiger partial charge in [0.1, 0.15) is 10.0 Å². The fraction of sp³-hybridized carbons (Fsp3) is 0.250. The maximum Gasteiger partial charge on any atom is 1.00 e. The first-order chi connectivity index (χ1) is 21.6. The Balaban J connectivity index is 0.000000497. The fourth-order valence-corrected chi connectivity index (χ4v) is 4.97. The zero-order chi connectivity index (χ0) is 35.6. The number of halogens is 6. The molecule has 4 rings (SSSR count). The molecule has 0 saturated heterocycles. The van der Waals surface area contributed by atoms with Gasteiger partial charge >= 0.3 is 41.3 Å². The second kappa shape index (κ2) is 18.6. The average Bonchev–Trinajstić information content (AvgIpc) is 3.00. The van der Waals surface area contributed by atoms with Crippen molar-refractivity contribution in [3.63, 3.8) is 0 Å². The van der Waals surface area contributed by atoms with Gasteiger partial charge in [-0.05, 0) is 73.3 Å². The van der Waals surface area contributed by atoms with Crippen molar-refractivity contribution < 1.29 is 67.2 Å². The Morgan fingerprint density at radius 3 is 1.50 bits per heavy atom. The quantitative estimate of drug-likeness (QED) is 0.107. The monoisotopic (exact) mass is 805 g/mol. The van der Waals surface area contributed by atoms with Crippen molar-refractivity contribution >= 4 is 20.1 Å². The first-order valence-corrected chi connectivity index (χ1v) is 16.6. The van der Waals surface area contributed by atoms with Crippen LogP contribution in [0.3, 0.4) is 0 Å². The summed E-state index contributed by atoms with van der Waals surface area (Å²) in [6.07, 6.45) is 4.16. The Bertz CT molecular complexity index is 1580. The molecular weight excluding hydrogens is 772 g/mol. The van der Waals surface area contributed by atoms with Crippen molar-refractivity contribution in [2.75, 3.05) is 0 Å². The van der Waals surface area contributed by atoms with Gasteiger partial charge in [-0.15, -0.1) is 0 Å². The smallest absolute Gasteiger partial charge is 0.537 e. The Morgan fingerprint density at radius 2 is 1.12 bits per heavy atom. The Kier molecular flexibility index (Phi) is 16.9. The van der Waals surface area contributed by atoms with Gasteiger partial charge in [0, 0.05) is 10.9 Å². The van der Waals surface area contributed by atoms with Crippen LogP contribution in [0.15, 0.2) is 89.8 Å². The Labute approximate surface area is 291 Å². The van der Waals surface area contributed by atoms with Crippen LogP contribution in [0.4, 0.5) is 26.3 Å². The number of nitrogens with zero attached hydrogens (tertiary/aromatic N) is 1. The number of hydrogen-bond acceptors (Lipinski definition) is 5. The molecule has 263 valence electrons. The molecule has 3 aromatic carbocycles. The normalized spacial score (nSPS) is 16.0. The first kappa shape index (κ1) is 43.7. The van der Waals surface area contributed by atoms with Crippen molar-refractivity contribution in [2.45, 2.75) is 49.4 Å². The van der Waals surface area contributed by atoms with Crippen LogP contribution in [0.2, 0.25) is 0 Å². The van der Waals surface area contributed by atoms with E-state index in [1.54, 1.807) is 54.6 Å². The van der Waals surface area contributed by atoms with E-state index in [9.17, 15) is 34.8 Å². The Morgan fingerprint density at radius 1 is 0.708 bits per heavy atom. The molecule has 2 atom stereocenters. The molecule has 1 fully saturated rings. The van der Waals surface area contributed by atoms with Gasteiger partial charge in [0.15, 0.2) is 0 Å². The number of alkyl halides is 6.